The normalized spacial score (nSPS) is 18.6. The number of nitrogens with one attached hydrogen (secondary N) is 1. The molecule has 7 heteroatoms. The molecule has 1 N–H and O–H groups in total. The first-order chi connectivity index (χ1) is 14.3. The van der Waals surface area contributed by atoms with Gasteiger partial charge < -0.3 is 14.8 Å². The van der Waals surface area contributed by atoms with Crippen molar-refractivity contribution in [2.45, 2.75) is 18.3 Å². The molecule has 30 heavy (non-hydrogen) atoms. The molecule has 0 bridgehead atoms. The van der Waals surface area contributed by atoms with E-state index in [0.717, 1.165) is 23.3 Å². The van der Waals surface area contributed by atoms with Gasteiger partial charge in [-0.1, -0.05) is 42.5 Å². The Labute approximate surface area is 171 Å². The van der Waals surface area contributed by atoms with Crippen LogP contribution in [0.25, 0.3) is 11.1 Å². The van der Waals surface area contributed by atoms with Gasteiger partial charge in [0.25, 0.3) is 0 Å². The van der Waals surface area contributed by atoms with Crippen molar-refractivity contribution in [2.75, 3.05) is 7.11 Å². The lowest BCUT2D eigenvalue weighted by Gasteiger charge is -2.19. The molecule has 1 saturated heterocycles. The fourth-order valence-electron chi connectivity index (χ4n) is 3.54. The molecule has 3 aromatic rings. The molecule has 1 amide bonds. The van der Waals surface area contributed by atoms with Gasteiger partial charge in [0.1, 0.15) is 5.75 Å². The summed E-state index contributed by atoms with van der Waals surface area (Å²) in [4.78, 5) is 12.0. The first-order valence-corrected chi connectivity index (χ1v) is 9.24. The Morgan fingerprint density at radius 1 is 0.900 bits per heavy atom. The van der Waals surface area contributed by atoms with E-state index in [2.05, 4.69) is 5.32 Å². The molecule has 1 fully saturated rings. The fraction of sp³-hybridized carbons (Fsp3) is 0.174. The van der Waals surface area contributed by atoms with Crippen LogP contribution in [0.15, 0.2) is 72.8 Å². The van der Waals surface area contributed by atoms with E-state index in [1.165, 1.54) is 6.07 Å². The van der Waals surface area contributed by atoms with Gasteiger partial charge >= 0.3 is 12.3 Å². The Morgan fingerprint density at radius 2 is 1.57 bits per heavy atom. The fourth-order valence-corrected chi connectivity index (χ4v) is 3.54. The molecular formula is C23H18F3NO3. The molecule has 0 aromatic heterocycles. The van der Waals surface area contributed by atoms with E-state index in [-0.39, 0.29) is 0 Å². The lowest BCUT2D eigenvalue weighted by Crippen LogP contribution is -2.19. The molecule has 0 spiro atoms. The Bertz CT molecular complexity index is 1080. The van der Waals surface area contributed by atoms with E-state index in [9.17, 15) is 18.0 Å². The summed E-state index contributed by atoms with van der Waals surface area (Å²) >= 11 is 0. The van der Waals surface area contributed by atoms with Crippen LogP contribution in [-0.4, -0.2) is 13.2 Å². The number of alkyl halides is 3. The molecule has 0 aliphatic carbocycles. The van der Waals surface area contributed by atoms with Crippen molar-refractivity contribution in [1.29, 1.82) is 0 Å². The van der Waals surface area contributed by atoms with E-state index < -0.39 is 30.0 Å². The first-order valence-electron chi connectivity index (χ1n) is 9.24. The third-order valence-corrected chi connectivity index (χ3v) is 5.00. The van der Waals surface area contributed by atoms with Crippen LogP contribution in [0.3, 0.4) is 0 Å². The minimum atomic E-state index is -4.42. The zero-order chi connectivity index (χ0) is 21.3. The third kappa shape index (κ3) is 3.96. The maximum Gasteiger partial charge on any atom is 0.416 e. The van der Waals surface area contributed by atoms with Crippen molar-refractivity contribution in [3.63, 3.8) is 0 Å². The van der Waals surface area contributed by atoms with Gasteiger partial charge in [-0.2, -0.15) is 13.2 Å². The van der Waals surface area contributed by atoms with E-state index in [1.807, 2.05) is 12.1 Å². The number of amides is 1. The molecule has 1 heterocycles. The van der Waals surface area contributed by atoms with Gasteiger partial charge in [-0.05, 0) is 52.6 Å². The number of hydrogen-bond donors (Lipinski definition) is 1. The summed E-state index contributed by atoms with van der Waals surface area (Å²) in [6.07, 6.45) is -5.57. The molecule has 0 saturated carbocycles. The van der Waals surface area contributed by atoms with Crippen molar-refractivity contribution in [2.24, 2.45) is 0 Å². The lowest BCUT2D eigenvalue weighted by atomic mass is 9.93. The van der Waals surface area contributed by atoms with Crippen molar-refractivity contribution in [1.82, 2.24) is 5.32 Å². The molecule has 4 rings (SSSR count). The van der Waals surface area contributed by atoms with Gasteiger partial charge in [0.15, 0.2) is 6.10 Å². The molecule has 4 nitrogen and oxygen atoms in total. The highest BCUT2D eigenvalue weighted by molar-refractivity contribution is 5.72. The second kappa shape index (κ2) is 7.74. The number of carbonyl (C=O) groups is 1. The maximum absolute atomic E-state index is 13.1. The topological polar surface area (TPSA) is 47.6 Å². The molecule has 3 aromatic carbocycles. The van der Waals surface area contributed by atoms with Gasteiger partial charge in [-0.25, -0.2) is 4.79 Å². The smallest absolute Gasteiger partial charge is 0.416 e. The number of alkyl carbamates (subject to hydrolysis) is 1. The number of rotatable bonds is 4. The van der Waals surface area contributed by atoms with Gasteiger partial charge in [-0.15, -0.1) is 0 Å². The summed E-state index contributed by atoms with van der Waals surface area (Å²) in [6, 6.07) is 18.9. The zero-order valence-electron chi connectivity index (χ0n) is 15.9. The third-order valence-electron chi connectivity index (χ3n) is 5.00. The second-order valence-electron chi connectivity index (χ2n) is 6.93. The van der Waals surface area contributed by atoms with E-state index >= 15 is 0 Å². The number of ether oxygens (including phenoxy) is 2. The van der Waals surface area contributed by atoms with Crippen LogP contribution in [0.2, 0.25) is 0 Å². The predicted molar refractivity (Wildman–Crippen MR) is 105 cm³/mol. The average Bonchev–Trinajstić information content (AvgIpc) is 3.15. The minimum absolute atomic E-state index is 0.440. The molecule has 1 aliphatic rings. The summed E-state index contributed by atoms with van der Waals surface area (Å²) in [5, 5.41) is 2.79. The highest BCUT2D eigenvalue weighted by Gasteiger charge is 2.37. The van der Waals surface area contributed by atoms with Crippen LogP contribution in [0, 0.1) is 0 Å². The number of cyclic esters (lactones) is 1. The number of methoxy groups -OCH3 is 1. The molecule has 0 unspecified atom stereocenters. The van der Waals surface area contributed by atoms with Crippen LogP contribution in [0.5, 0.6) is 5.75 Å². The monoisotopic (exact) mass is 413 g/mol. The molecule has 154 valence electrons. The summed E-state index contributed by atoms with van der Waals surface area (Å²) < 4.78 is 49.9. The van der Waals surface area contributed by atoms with Gasteiger partial charge in [0.2, 0.25) is 0 Å². The van der Waals surface area contributed by atoms with Gasteiger partial charge in [-0.3, -0.25) is 0 Å². The minimum Gasteiger partial charge on any atom is -0.497 e. The Kier molecular flexibility index (Phi) is 5.11. The molecule has 2 atom stereocenters. The maximum atomic E-state index is 13.1. The second-order valence-corrected chi connectivity index (χ2v) is 6.93. The molecule has 1 aliphatic heterocycles. The highest BCUT2D eigenvalue weighted by atomic mass is 19.4. The first kappa shape index (κ1) is 19.8. The molecular weight excluding hydrogens is 395 g/mol. The quantitative estimate of drug-likeness (QED) is 0.579. The van der Waals surface area contributed by atoms with Crippen LogP contribution in [0.4, 0.5) is 18.0 Å². The lowest BCUT2D eigenvalue weighted by molar-refractivity contribution is -0.137. The summed E-state index contributed by atoms with van der Waals surface area (Å²) in [5.41, 5.74) is 1.82. The molecule has 0 radical (unpaired) electrons. The standard InChI is InChI=1S/C23H18F3NO3/c1-29-19-10-4-8-17(13-19)21-20(27-22(28)30-21)16-7-2-5-14(11-16)15-6-3-9-18(12-15)23(24,25)26/h2-13,20-21H,1H3,(H,27,28)/t20-,21-/m1/s1. The Balaban J connectivity index is 1.70. The number of hydrogen-bond acceptors (Lipinski definition) is 3. The predicted octanol–water partition coefficient (Wildman–Crippen LogP) is 5.90. The summed E-state index contributed by atoms with van der Waals surface area (Å²) in [5.74, 6) is 0.631. The van der Waals surface area contributed by atoms with Crippen molar-refractivity contribution in [3.05, 3.63) is 89.5 Å². The van der Waals surface area contributed by atoms with Crippen LogP contribution >= 0.6 is 0 Å². The SMILES string of the molecule is COc1cccc([C@H]2OC(=O)N[C@@H]2c2cccc(-c3cccc(C(F)(F)F)c3)c2)c1. The highest BCUT2D eigenvalue weighted by Crippen LogP contribution is 2.39. The largest absolute Gasteiger partial charge is 0.497 e. The summed E-state index contributed by atoms with van der Waals surface area (Å²) in [7, 11) is 1.55. The summed E-state index contributed by atoms with van der Waals surface area (Å²) in [6.45, 7) is 0. The number of carbonyl (C=O) groups excluding carboxylic acids is 1. The van der Waals surface area contributed by atoms with Crippen LogP contribution in [0.1, 0.15) is 28.8 Å². The Hall–Kier alpha value is -3.48. The van der Waals surface area contributed by atoms with Crippen molar-refractivity contribution in [3.8, 4) is 16.9 Å². The van der Waals surface area contributed by atoms with Crippen molar-refractivity contribution < 1.29 is 27.4 Å². The van der Waals surface area contributed by atoms with Crippen LogP contribution in [-0.2, 0) is 10.9 Å². The average molecular weight is 413 g/mol. The van der Waals surface area contributed by atoms with E-state index in [4.69, 9.17) is 9.47 Å². The zero-order valence-corrected chi connectivity index (χ0v) is 15.9. The van der Waals surface area contributed by atoms with Crippen LogP contribution < -0.4 is 10.1 Å². The van der Waals surface area contributed by atoms with Crippen molar-refractivity contribution >= 4 is 6.09 Å². The van der Waals surface area contributed by atoms with Gasteiger partial charge in [0, 0.05) is 0 Å². The van der Waals surface area contributed by atoms with Gasteiger partial charge in [0.05, 0.1) is 18.7 Å². The number of halogens is 3. The number of benzene rings is 3. The van der Waals surface area contributed by atoms with E-state index in [1.54, 1.807) is 49.6 Å². The van der Waals surface area contributed by atoms with E-state index in [0.29, 0.717) is 16.9 Å². The Morgan fingerprint density at radius 3 is 2.30 bits per heavy atom.